The Balaban J connectivity index is 0.00000676. The third kappa shape index (κ3) is 10.5. The highest BCUT2D eigenvalue weighted by molar-refractivity contribution is 14.0. The normalized spacial score (nSPS) is 12.0. The van der Waals surface area contributed by atoms with Gasteiger partial charge in [-0.2, -0.15) is 0 Å². The van der Waals surface area contributed by atoms with Gasteiger partial charge in [-0.3, -0.25) is 14.7 Å². The molecular weight excluding hydrogens is 453 g/mol. The minimum Gasteiger partial charge on any atom is -0.352 e. The third-order valence-corrected chi connectivity index (χ3v) is 4.02. The highest BCUT2D eigenvalue weighted by Gasteiger charge is 2.14. The number of nitrogens with one attached hydrogen (secondary N) is 3. The average Bonchev–Trinajstić information content (AvgIpc) is 2.54. The first-order valence-corrected chi connectivity index (χ1v) is 9.15. The molecule has 27 heavy (non-hydrogen) atoms. The molecule has 0 atom stereocenters. The number of halogens is 1. The maximum absolute atomic E-state index is 11.9. The lowest BCUT2D eigenvalue weighted by atomic mass is 10.1. The van der Waals surface area contributed by atoms with Gasteiger partial charge in [-0.15, -0.1) is 24.0 Å². The second kappa shape index (κ2) is 12.2. The number of amides is 1. The third-order valence-electron chi connectivity index (χ3n) is 4.02. The minimum absolute atomic E-state index is 0. The number of hydrogen-bond donors (Lipinski definition) is 3. The van der Waals surface area contributed by atoms with Gasteiger partial charge in [0.2, 0.25) is 5.91 Å². The van der Waals surface area contributed by atoms with E-state index in [0.717, 1.165) is 6.54 Å². The first-order chi connectivity index (χ1) is 12.1. The molecule has 0 bridgehead atoms. The molecule has 0 saturated carbocycles. The van der Waals surface area contributed by atoms with Crippen LogP contribution < -0.4 is 16.0 Å². The van der Waals surface area contributed by atoms with E-state index in [1.54, 1.807) is 7.05 Å². The van der Waals surface area contributed by atoms with E-state index in [4.69, 9.17) is 0 Å². The minimum atomic E-state index is -0.239. The Morgan fingerprint density at radius 3 is 2.26 bits per heavy atom. The van der Waals surface area contributed by atoms with Gasteiger partial charge in [0.05, 0.1) is 6.54 Å². The summed E-state index contributed by atoms with van der Waals surface area (Å²) in [4.78, 5) is 18.4. The summed E-state index contributed by atoms with van der Waals surface area (Å²) in [6, 6.07) is 8.88. The van der Waals surface area contributed by atoms with Gasteiger partial charge in [-0.05, 0) is 52.8 Å². The number of guanidine groups is 1. The van der Waals surface area contributed by atoms with Crippen LogP contribution in [0.1, 0.15) is 45.7 Å². The van der Waals surface area contributed by atoms with Gasteiger partial charge < -0.3 is 16.0 Å². The van der Waals surface area contributed by atoms with Gasteiger partial charge >= 0.3 is 0 Å². The molecule has 7 heteroatoms. The molecule has 0 aliphatic heterocycles. The summed E-state index contributed by atoms with van der Waals surface area (Å²) in [6.45, 7) is 12.0. The second-order valence-corrected chi connectivity index (χ2v) is 7.86. The molecule has 1 aromatic rings. The summed E-state index contributed by atoms with van der Waals surface area (Å²) in [5.41, 5.74) is 2.27. The fraction of sp³-hybridized carbons (Fsp3) is 0.600. The monoisotopic (exact) mass is 489 g/mol. The maximum atomic E-state index is 11.9. The highest BCUT2D eigenvalue weighted by atomic mass is 127. The number of benzene rings is 1. The van der Waals surface area contributed by atoms with Crippen LogP contribution in [0.25, 0.3) is 0 Å². The average molecular weight is 489 g/mol. The lowest BCUT2D eigenvalue weighted by molar-refractivity contribution is -0.121. The number of carbonyl (C=O) groups is 1. The smallest absolute Gasteiger partial charge is 0.239 e. The summed E-state index contributed by atoms with van der Waals surface area (Å²) in [7, 11) is 3.83. The van der Waals surface area contributed by atoms with E-state index in [2.05, 4.69) is 64.9 Å². The molecule has 1 amide bonds. The van der Waals surface area contributed by atoms with E-state index in [0.29, 0.717) is 18.5 Å². The molecular formula is C20H36IN5O. The summed E-state index contributed by atoms with van der Waals surface area (Å²) in [5, 5.41) is 9.27. The molecule has 0 unspecified atom stereocenters. The molecule has 6 nitrogen and oxygen atoms in total. The molecule has 1 aromatic carbocycles. The van der Waals surface area contributed by atoms with Crippen LogP contribution in [0.5, 0.6) is 0 Å². The van der Waals surface area contributed by atoms with Crippen LogP contribution >= 0.6 is 24.0 Å². The standard InChI is InChI=1S/C20H35N5O.HI/c1-15(2)25(7)14-17-11-9-8-10-16(17)12-22-19(21-6)23-13-18(26)24-20(3,4)5;/h8-11,15H,12-14H2,1-7H3,(H,24,26)(H2,21,22,23);1H. The Kier molecular flexibility index (Phi) is 11.6. The van der Waals surface area contributed by atoms with Crippen molar-refractivity contribution in [2.75, 3.05) is 20.6 Å². The van der Waals surface area contributed by atoms with Crippen molar-refractivity contribution in [3.63, 3.8) is 0 Å². The summed E-state index contributed by atoms with van der Waals surface area (Å²) in [5.74, 6) is 0.556. The summed E-state index contributed by atoms with van der Waals surface area (Å²) in [6.07, 6.45) is 0. The van der Waals surface area contributed by atoms with Crippen LogP contribution in [-0.2, 0) is 17.9 Å². The van der Waals surface area contributed by atoms with Gasteiger partial charge in [-0.25, -0.2) is 0 Å². The first-order valence-electron chi connectivity index (χ1n) is 9.15. The number of hydrogen-bond acceptors (Lipinski definition) is 3. The lowest BCUT2D eigenvalue weighted by Crippen LogP contribution is -2.48. The van der Waals surface area contributed by atoms with Gasteiger partial charge in [-0.1, -0.05) is 24.3 Å². The summed E-state index contributed by atoms with van der Waals surface area (Å²) >= 11 is 0. The molecule has 154 valence electrons. The molecule has 0 aromatic heterocycles. The number of rotatable bonds is 7. The van der Waals surface area contributed by atoms with Crippen LogP contribution in [0.3, 0.4) is 0 Å². The van der Waals surface area contributed by atoms with Crippen LogP contribution in [0.4, 0.5) is 0 Å². The van der Waals surface area contributed by atoms with E-state index in [1.165, 1.54) is 11.1 Å². The first kappa shape index (κ1) is 25.6. The molecule has 0 radical (unpaired) electrons. The predicted molar refractivity (Wildman–Crippen MR) is 125 cm³/mol. The molecule has 1 rings (SSSR count). The predicted octanol–water partition coefficient (Wildman–Crippen LogP) is 2.72. The van der Waals surface area contributed by atoms with Crippen molar-refractivity contribution in [2.24, 2.45) is 4.99 Å². The van der Waals surface area contributed by atoms with Crippen LogP contribution in [0, 0.1) is 0 Å². The molecule has 0 fully saturated rings. The van der Waals surface area contributed by atoms with Crippen molar-refractivity contribution >= 4 is 35.8 Å². The Morgan fingerprint density at radius 1 is 1.15 bits per heavy atom. The molecule has 0 saturated heterocycles. The zero-order chi connectivity index (χ0) is 19.7. The molecule has 0 aliphatic rings. The lowest BCUT2D eigenvalue weighted by Gasteiger charge is -2.23. The topological polar surface area (TPSA) is 68.8 Å². The number of aliphatic imine (C=N–C) groups is 1. The Bertz CT molecular complexity index is 611. The van der Waals surface area contributed by atoms with Gasteiger partial charge in [0.1, 0.15) is 0 Å². The number of carbonyl (C=O) groups excluding carboxylic acids is 1. The van der Waals surface area contributed by atoms with E-state index in [1.807, 2.05) is 26.8 Å². The Morgan fingerprint density at radius 2 is 1.74 bits per heavy atom. The van der Waals surface area contributed by atoms with Crippen molar-refractivity contribution < 1.29 is 4.79 Å². The van der Waals surface area contributed by atoms with Crippen LogP contribution in [0.15, 0.2) is 29.3 Å². The van der Waals surface area contributed by atoms with Crippen molar-refractivity contribution in [1.29, 1.82) is 0 Å². The van der Waals surface area contributed by atoms with Gasteiger partial charge in [0.15, 0.2) is 5.96 Å². The fourth-order valence-corrected chi connectivity index (χ4v) is 2.36. The van der Waals surface area contributed by atoms with Crippen molar-refractivity contribution in [2.45, 2.75) is 59.3 Å². The maximum Gasteiger partial charge on any atom is 0.239 e. The zero-order valence-electron chi connectivity index (χ0n) is 17.7. The molecule has 3 N–H and O–H groups in total. The van der Waals surface area contributed by atoms with E-state index in [-0.39, 0.29) is 42.0 Å². The molecule has 0 heterocycles. The largest absolute Gasteiger partial charge is 0.352 e. The number of nitrogens with zero attached hydrogens (tertiary/aromatic N) is 2. The SMILES string of the molecule is CN=C(NCC(=O)NC(C)(C)C)NCc1ccccc1CN(C)C(C)C.I. The van der Waals surface area contributed by atoms with Crippen molar-refractivity contribution in [1.82, 2.24) is 20.9 Å². The van der Waals surface area contributed by atoms with Crippen LogP contribution in [-0.4, -0.2) is 49.0 Å². The highest BCUT2D eigenvalue weighted by Crippen LogP contribution is 2.12. The van der Waals surface area contributed by atoms with E-state index < -0.39 is 0 Å². The van der Waals surface area contributed by atoms with Gasteiger partial charge in [0, 0.05) is 31.7 Å². The van der Waals surface area contributed by atoms with E-state index in [9.17, 15) is 4.79 Å². The van der Waals surface area contributed by atoms with Gasteiger partial charge in [0.25, 0.3) is 0 Å². The summed E-state index contributed by atoms with van der Waals surface area (Å²) < 4.78 is 0. The van der Waals surface area contributed by atoms with E-state index >= 15 is 0 Å². The Hall–Kier alpha value is -1.35. The van der Waals surface area contributed by atoms with Crippen molar-refractivity contribution in [3.8, 4) is 0 Å². The molecule has 0 aliphatic carbocycles. The van der Waals surface area contributed by atoms with Crippen molar-refractivity contribution in [3.05, 3.63) is 35.4 Å². The second-order valence-electron chi connectivity index (χ2n) is 7.86. The fourth-order valence-electron chi connectivity index (χ4n) is 2.36. The quantitative estimate of drug-likeness (QED) is 0.313. The van der Waals surface area contributed by atoms with Crippen LogP contribution in [0.2, 0.25) is 0 Å². The Labute approximate surface area is 181 Å². The molecule has 0 spiro atoms. The zero-order valence-corrected chi connectivity index (χ0v) is 20.0.